The lowest BCUT2D eigenvalue weighted by atomic mass is 9.97. The van der Waals surface area contributed by atoms with Crippen LogP contribution < -0.4 is 5.32 Å². The molecule has 24 heavy (non-hydrogen) atoms. The molecule has 0 saturated carbocycles. The summed E-state index contributed by atoms with van der Waals surface area (Å²) >= 11 is 0. The molecule has 0 aliphatic carbocycles. The third-order valence-corrected chi connectivity index (χ3v) is 3.71. The van der Waals surface area contributed by atoms with Gasteiger partial charge in [-0.1, -0.05) is 43.3 Å². The normalized spacial score (nSPS) is 11.6. The maximum Gasteiger partial charge on any atom is 0.313 e. The monoisotopic (exact) mass is 329 g/mol. The van der Waals surface area contributed by atoms with Crippen molar-refractivity contribution in [3.05, 3.63) is 65.5 Å². The fourth-order valence-corrected chi connectivity index (χ4v) is 2.38. The number of hydrogen-bond acceptors (Lipinski definition) is 3. The average Bonchev–Trinajstić information content (AvgIpc) is 2.58. The van der Waals surface area contributed by atoms with E-state index in [-0.39, 0.29) is 0 Å². The molecule has 0 fully saturated rings. The molecule has 1 amide bonds. The van der Waals surface area contributed by atoms with Gasteiger partial charge in [0.2, 0.25) is 0 Å². The number of carbonyl (C=O) groups is 2. The predicted molar refractivity (Wildman–Crippen MR) is 90.2 cm³/mol. The van der Waals surface area contributed by atoms with E-state index in [4.69, 9.17) is 4.74 Å². The van der Waals surface area contributed by atoms with Crippen LogP contribution in [0.25, 0.3) is 0 Å². The smallest absolute Gasteiger partial charge is 0.313 e. The third kappa shape index (κ3) is 4.65. The molecule has 0 spiro atoms. The van der Waals surface area contributed by atoms with E-state index in [0.717, 1.165) is 11.1 Å². The van der Waals surface area contributed by atoms with Gasteiger partial charge in [-0.25, -0.2) is 4.39 Å². The van der Waals surface area contributed by atoms with Gasteiger partial charge in [0.1, 0.15) is 5.82 Å². The van der Waals surface area contributed by atoms with Crippen LogP contribution in [-0.2, 0) is 14.3 Å². The van der Waals surface area contributed by atoms with Crippen molar-refractivity contribution in [1.82, 2.24) is 0 Å². The Balaban J connectivity index is 1.93. The molecule has 2 aromatic rings. The van der Waals surface area contributed by atoms with E-state index in [1.807, 2.05) is 37.3 Å². The number of carbonyl (C=O) groups excluding carboxylic acids is 2. The molecule has 126 valence electrons. The van der Waals surface area contributed by atoms with Crippen LogP contribution in [0.4, 0.5) is 10.1 Å². The van der Waals surface area contributed by atoms with Crippen LogP contribution in [0.2, 0.25) is 0 Å². The Bertz CT molecular complexity index is 716. The van der Waals surface area contributed by atoms with Crippen molar-refractivity contribution in [1.29, 1.82) is 0 Å². The number of esters is 1. The van der Waals surface area contributed by atoms with Crippen LogP contribution in [0, 0.1) is 12.7 Å². The highest BCUT2D eigenvalue weighted by atomic mass is 19.1. The minimum absolute atomic E-state index is 0.367. The number of aryl methyl sites for hydroxylation is 1. The summed E-state index contributed by atoms with van der Waals surface area (Å²) in [5, 5.41) is 2.55. The second kappa shape index (κ2) is 8.24. The Labute approximate surface area is 140 Å². The molecule has 1 N–H and O–H groups in total. The molecule has 5 heteroatoms. The molecule has 0 radical (unpaired) electrons. The molecule has 0 aliphatic rings. The summed E-state index contributed by atoms with van der Waals surface area (Å²) in [5.41, 5.74) is 1.95. The summed E-state index contributed by atoms with van der Waals surface area (Å²) in [6, 6.07) is 13.4. The maximum atomic E-state index is 13.2. The summed E-state index contributed by atoms with van der Waals surface area (Å²) in [4.78, 5) is 24.1. The first-order valence-electron chi connectivity index (χ1n) is 7.79. The van der Waals surface area contributed by atoms with E-state index in [1.54, 1.807) is 13.0 Å². The average molecular weight is 329 g/mol. The largest absolute Gasteiger partial charge is 0.455 e. The maximum absolute atomic E-state index is 13.2. The first-order chi connectivity index (χ1) is 11.5. The molecule has 0 heterocycles. The SMILES string of the molecule is CC[C@H](C(=O)OCC(=O)Nc1cc(F)ccc1C)c1ccccc1. The van der Waals surface area contributed by atoms with Crippen molar-refractivity contribution in [2.75, 3.05) is 11.9 Å². The Morgan fingerprint density at radius 1 is 1.17 bits per heavy atom. The number of ether oxygens (including phenoxy) is 1. The van der Waals surface area contributed by atoms with Gasteiger partial charge in [-0.2, -0.15) is 0 Å². The standard InChI is InChI=1S/C19H20FNO3/c1-3-16(14-7-5-4-6-8-14)19(23)24-12-18(22)21-17-11-15(20)10-9-13(17)2/h4-11,16H,3,12H2,1-2H3,(H,21,22)/t16-/m0/s1. The number of halogens is 1. The number of hydrogen-bond donors (Lipinski definition) is 1. The molecule has 2 aromatic carbocycles. The van der Waals surface area contributed by atoms with E-state index < -0.39 is 30.2 Å². The zero-order chi connectivity index (χ0) is 17.5. The second-order valence-electron chi connectivity index (χ2n) is 5.49. The summed E-state index contributed by atoms with van der Waals surface area (Å²) in [6.07, 6.45) is 0.577. The summed E-state index contributed by atoms with van der Waals surface area (Å²) in [6.45, 7) is 3.23. The Kier molecular flexibility index (Phi) is 6.07. The van der Waals surface area contributed by atoms with Crippen molar-refractivity contribution in [2.45, 2.75) is 26.2 Å². The molecule has 2 rings (SSSR count). The lowest BCUT2D eigenvalue weighted by molar-refractivity contribution is -0.149. The number of nitrogens with one attached hydrogen (secondary N) is 1. The summed E-state index contributed by atoms with van der Waals surface area (Å²) in [7, 11) is 0. The Morgan fingerprint density at radius 2 is 1.88 bits per heavy atom. The minimum Gasteiger partial charge on any atom is -0.455 e. The van der Waals surface area contributed by atoms with Crippen molar-refractivity contribution < 1.29 is 18.7 Å². The van der Waals surface area contributed by atoms with E-state index in [9.17, 15) is 14.0 Å². The van der Waals surface area contributed by atoms with E-state index in [1.165, 1.54) is 12.1 Å². The van der Waals surface area contributed by atoms with Crippen molar-refractivity contribution >= 4 is 17.6 Å². The molecular weight excluding hydrogens is 309 g/mol. The van der Waals surface area contributed by atoms with Crippen molar-refractivity contribution in [3.63, 3.8) is 0 Å². The lowest BCUT2D eigenvalue weighted by Gasteiger charge is -2.15. The van der Waals surface area contributed by atoms with E-state index in [2.05, 4.69) is 5.32 Å². The van der Waals surface area contributed by atoms with Gasteiger partial charge in [-0.15, -0.1) is 0 Å². The summed E-state index contributed by atoms with van der Waals surface area (Å²) < 4.78 is 18.3. The first-order valence-corrected chi connectivity index (χ1v) is 7.79. The van der Waals surface area contributed by atoms with Gasteiger partial charge in [-0.05, 0) is 36.6 Å². The molecule has 0 saturated heterocycles. The predicted octanol–water partition coefficient (Wildman–Crippen LogP) is 3.81. The van der Waals surface area contributed by atoms with Crippen LogP contribution in [0.1, 0.15) is 30.4 Å². The molecule has 0 aromatic heterocycles. The number of rotatable bonds is 6. The molecule has 1 atom stereocenters. The highest BCUT2D eigenvalue weighted by molar-refractivity contribution is 5.93. The minimum atomic E-state index is -0.500. The zero-order valence-electron chi connectivity index (χ0n) is 13.7. The van der Waals surface area contributed by atoms with Gasteiger partial charge >= 0.3 is 5.97 Å². The fourth-order valence-electron chi connectivity index (χ4n) is 2.38. The highest BCUT2D eigenvalue weighted by Gasteiger charge is 2.21. The lowest BCUT2D eigenvalue weighted by Crippen LogP contribution is -2.24. The Morgan fingerprint density at radius 3 is 2.54 bits per heavy atom. The molecule has 0 aliphatic heterocycles. The van der Waals surface area contributed by atoms with Crippen LogP contribution in [0.3, 0.4) is 0 Å². The summed E-state index contributed by atoms with van der Waals surface area (Å²) in [5.74, 6) is -1.80. The molecule has 0 unspecified atom stereocenters. The van der Waals surface area contributed by atoms with Gasteiger partial charge in [0.15, 0.2) is 6.61 Å². The quantitative estimate of drug-likeness (QED) is 0.820. The first kappa shape index (κ1) is 17.7. The fraction of sp³-hybridized carbons (Fsp3) is 0.263. The number of benzene rings is 2. The number of amides is 1. The van der Waals surface area contributed by atoms with Crippen LogP contribution >= 0.6 is 0 Å². The van der Waals surface area contributed by atoms with Gasteiger partial charge in [-0.3, -0.25) is 9.59 Å². The van der Waals surface area contributed by atoms with Crippen molar-refractivity contribution in [3.8, 4) is 0 Å². The topological polar surface area (TPSA) is 55.4 Å². The van der Waals surface area contributed by atoms with Gasteiger partial charge in [0.05, 0.1) is 5.92 Å². The van der Waals surface area contributed by atoms with Gasteiger partial charge in [0.25, 0.3) is 5.91 Å². The van der Waals surface area contributed by atoms with Gasteiger partial charge in [0, 0.05) is 5.69 Å². The molecule has 0 bridgehead atoms. The van der Waals surface area contributed by atoms with E-state index in [0.29, 0.717) is 12.1 Å². The van der Waals surface area contributed by atoms with E-state index >= 15 is 0 Å². The van der Waals surface area contributed by atoms with Crippen LogP contribution in [0.5, 0.6) is 0 Å². The molecular formula is C19H20FNO3. The van der Waals surface area contributed by atoms with Crippen molar-refractivity contribution in [2.24, 2.45) is 0 Å². The molecule has 4 nitrogen and oxygen atoms in total. The van der Waals surface area contributed by atoms with Crippen LogP contribution in [0.15, 0.2) is 48.5 Å². The van der Waals surface area contributed by atoms with Gasteiger partial charge < -0.3 is 10.1 Å². The Hall–Kier alpha value is -2.69. The van der Waals surface area contributed by atoms with Crippen LogP contribution in [-0.4, -0.2) is 18.5 Å². The zero-order valence-corrected chi connectivity index (χ0v) is 13.7. The second-order valence-corrected chi connectivity index (χ2v) is 5.49. The number of anilines is 1. The highest BCUT2D eigenvalue weighted by Crippen LogP contribution is 2.21. The third-order valence-electron chi connectivity index (χ3n) is 3.71.